The molecule has 0 radical (unpaired) electrons. The summed E-state index contributed by atoms with van der Waals surface area (Å²) in [5.74, 6) is -0.383. The normalized spacial score (nSPS) is 13.5. The Morgan fingerprint density at radius 3 is 2.74 bits per heavy atom. The number of aromatic nitrogens is 3. The first-order chi connectivity index (χ1) is 11.1. The van der Waals surface area contributed by atoms with Crippen molar-refractivity contribution in [2.45, 2.75) is 38.4 Å². The van der Waals surface area contributed by atoms with E-state index in [9.17, 15) is 15.0 Å². The third kappa shape index (κ3) is 4.87. The summed E-state index contributed by atoms with van der Waals surface area (Å²) in [7, 11) is 0. The van der Waals surface area contributed by atoms with Crippen molar-refractivity contribution in [2.24, 2.45) is 0 Å². The molecule has 2 N–H and O–H groups in total. The predicted octanol–water partition coefficient (Wildman–Crippen LogP) is 1.39. The van der Waals surface area contributed by atoms with Crippen LogP contribution < -0.4 is 0 Å². The first-order valence-corrected chi connectivity index (χ1v) is 7.61. The van der Waals surface area contributed by atoms with E-state index in [2.05, 4.69) is 10.2 Å². The fourth-order valence-electron chi connectivity index (χ4n) is 1.96. The van der Waals surface area contributed by atoms with Crippen molar-refractivity contribution in [1.82, 2.24) is 15.0 Å². The van der Waals surface area contributed by atoms with Crippen LogP contribution in [0.15, 0.2) is 36.5 Å². The number of unbranched alkanes of at least 4 members (excludes halogenated alkanes) is 1. The van der Waals surface area contributed by atoms with E-state index in [1.807, 2.05) is 37.3 Å². The van der Waals surface area contributed by atoms with Gasteiger partial charge in [-0.2, -0.15) is 15.0 Å². The highest BCUT2D eigenvalue weighted by atomic mass is 16.5. The van der Waals surface area contributed by atoms with E-state index in [0.29, 0.717) is 6.42 Å². The quantitative estimate of drug-likeness (QED) is 0.714. The number of benzene rings is 1. The largest absolute Gasteiger partial charge is 0.463 e. The van der Waals surface area contributed by atoms with Gasteiger partial charge in [0, 0.05) is 6.42 Å². The number of aliphatic hydroxyl groups is 2. The Morgan fingerprint density at radius 2 is 2.04 bits per heavy atom. The molecule has 1 heterocycles. The SMILES string of the molecule is CCCCC(=O)OC[C@@H](O)[C@H](O)c1cnn(-c2ccccc2)n1. The molecule has 0 spiro atoms. The zero-order valence-corrected chi connectivity index (χ0v) is 13.0. The zero-order valence-electron chi connectivity index (χ0n) is 13.0. The van der Waals surface area contributed by atoms with Crippen molar-refractivity contribution < 1.29 is 19.7 Å². The number of carbonyl (C=O) groups excluding carboxylic acids is 1. The van der Waals surface area contributed by atoms with Gasteiger partial charge in [-0.05, 0) is 18.6 Å². The number of esters is 1. The maximum absolute atomic E-state index is 11.4. The van der Waals surface area contributed by atoms with Crippen LogP contribution in [0.1, 0.15) is 38.0 Å². The molecule has 7 heteroatoms. The third-order valence-electron chi connectivity index (χ3n) is 3.31. The van der Waals surface area contributed by atoms with E-state index >= 15 is 0 Å². The number of ether oxygens (including phenoxy) is 1. The maximum Gasteiger partial charge on any atom is 0.305 e. The highest BCUT2D eigenvalue weighted by Gasteiger charge is 2.23. The molecule has 2 rings (SSSR count). The molecule has 2 atom stereocenters. The summed E-state index contributed by atoms with van der Waals surface area (Å²) in [6.07, 6.45) is 0.794. The highest BCUT2D eigenvalue weighted by Crippen LogP contribution is 2.15. The fraction of sp³-hybridized carbons (Fsp3) is 0.438. The second kappa shape index (κ2) is 8.40. The van der Waals surface area contributed by atoms with Crippen molar-refractivity contribution in [2.75, 3.05) is 6.61 Å². The van der Waals surface area contributed by atoms with Gasteiger partial charge >= 0.3 is 5.97 Å². The minimum Gasteiger partial charge on any atom is -0.463 e. The smallest absolute Gasteiger partial charge is 0.305 e. The second-order valence-electron chi connectivity index (χ2n) is 5.19. The minimum atomic E-state index is -1.27. The lowest BCUT2D eigenvalue weighted by Crippen LogP contribution is -2.26. The van der Waals surface area contributed by atoms with Crippen LogP contribution in [0, 0.1) is 0 Å². The van der Waals surface area contributed by atoms with Crippen molar-refractivity contribution >= 4 is 5.97 Å². The van der Waals surface area contributed by atoms with Gasteiger partial charge in [0.1, 0.15) is 24.5 Å². The van der Waals surface area contributed by atoms with Crippen LogP contribution in [0.5, 0.6) is 0 Å². The Bertz CT molecular complexity index is 615. The Labute approximate surface area is 134 Å². The Kier molecular flexibility index (Phi) is 6.25. The standard InChI is InChI=1S/C16H21N3O4/c1-2-3-9-15(21)23-11-14(20)16(22)13-10-17-19(18-13)12-7-5-4-6-8-12/h4-8,10,14,16,20,22H,2-3,9,11H2,1H3/t14-,16-/m1/s1. The lowest BCUT2D eigenvalue weighted by molar-refractivity contribution is -0.149. The minimum absolute atomic E-state index is 0.214. The van der Waals surface area contributed by atoms with Gasteiger partial charge in [0.2, 0.25) is 0 Å². The van der Waals surface area contributed by atoms with Crippen molar-refractivity contribution in [3.05, 3.63) is 42.2 Å². The van der Waals surface area contributed by atoms with E-state index in [1.165, 1.54) is 11.0 Å². The summed E-state index contributed by atoms with van der Waals surface area (Å²) in [6, 6.07) is 9.21. The molecule has 2 aromatic rings. The van der Waals surface area contributed by atoms with Crippen LogP contribution in [0.2, 0.25) is 0 Å². The van der Waals surface area contributed by atoms with Crippen molar-refractivity contribution in [1.29, 1.82) is 0 Å². The molecule has 0 saturated heterocycles. The molecule has 0 saturated carbocycles. The maximum atomic E-state index is 11.4. The summed E-state index contributed by atoms with van der Waals surface area (Å²) < 4.78 is 4.94. The third-order valence-corrected chi connectivity index (χ3v) is 3.31. The van der Waals surface area contributed by atoms with Gasteiger partial charge in [0.15, 0.2) is 0 Å². The second-order valence-corrected chi connectivity index (χ2v) is 5.19. The molecule has 0 aliphatic carbocycles. The molecule has 0 bridgehead atoms. The summed E-state index contributed by atoms with van der Waals surface area (Å²) >= 11 is 0. The van der Waals surface area contributed by atoms with Crippen LogP contribution in [-0.4, -0.2) is 43.9 Å². The molecular weight excluding hydrogens is 298 g/mol. The lowest BCUT2D eigenvalue weighted by atomic mass is 10.1. The van der Waals surface area contributed by atoms with Crippen LogP contribution in [-0.2, 0) is 9.53 Å². The number of hydrogen-bond donors (Lipinski definition) is 2. The van der Waals surface area contributed by atoms with Crippen LogP contribution in [0.25, 0.3) is 5.69 Å². The van der Waals surface area contributed by atoms with Crippen LogP contribution in [0.4, 0.5) is 0 Å². The Balaban J connectivity index is 1.91. The van der Waals surface area contributed by atoms with Gasteiger partial charge in [-0.1, -0.05) is 31.5 Å². The van der Waals surface area contributed by atoms with Gasteiger partial charge < -0.3 is 14.9 Å². The van der Waals surface area contributed by atoms with E-state index in [0.717, 1.165) is 18.5 Å². The van der Waals surface area contributed by atoms with Crippen LogP contribution >= 0.6 is 0 Å². The molecule has 0 aliphatic heterocycles. The lowest BCUT2D eigenvalue weighted by Gasteiger charge is -2.15. The van der Waals surface area contributed by atoms with Crippen molar-refractivity contribution in [3.63, 3.8) is 0 Å². The van der Waals surface area contributed by atoms with Gasteiger partial charge in [0.25, 0.3) is 0 Å². The first-order valence-electron chi connectivity index (χ1n) is 7.61. The Morgan fingerprint density at radius 1 is 1.30 bits per heavy atom. The monoisotopic (exact) mass is 319 g/mol. The van der Waals surface area contributed by atoms with E-state index in [4.69, 9.17) is 4.74 Å². The van der Waals surface area contributed by atoms with Gasteiger partial charge in [-0.25, -0.2) is 0 Å². The Hall–Kier alpha value is -2.25. The molecule has 0 amide bonds. The molecule has 0 unspecified atom stereocenters. The summed E-state index contributed by atoms with van der Waals surface area (Å²) in [5, 5.41) is 28.2. The zero-order chi connectivity index (χ0) is 16.7. The summed E-state index contributed by atoms with van der Waals surface area (Å²) in [5.41, 5.74) is 0.956. The fourth-order valence-corrected chi connectivity index (χ4v) is 1.96. The van der Waals surface area contributed by atoms with E-state index < -0.39 is 12.2 Å². The van der Waals surface area contributed by atoms with Gasteiger partial charge in [-0.3, -0.25) is 4.79 Å². The topological polar surface area (TPSA) is 97.5 Å². The summed E-state index contributed by atoms with van der Waals surface area (Å²) in [6.45, 7) is 1.70. The average Bonchev–Trinajstić information content (AvgIpc) is 3.08. The van der Waals surface area contributed by atoms with E-state index in [-0.39, 0.29) is 18.3 Å². The molecule has 1 aromatic heterocycles. The van der Waals surface area contributed by atoms with Crippen molar-refractivity contribution in [3.8, 4) is 5.69 Å². The highest BCUT2D eigenvalue weighted by molar-refractivity contribution is 5.69. The first kappa shape index (κ1) is 17.1. The molecular formula is C16H21N3O4. The number of carbonyl (C=O) groups is 1. The predicted molar refractivity (Wildman–Crippen MR) is 82.8 cm³/mol. The molecule has 23 heavy (non-hydrogen) atoms. The number of hydrogen-bond acceptors (Lipinski definition) is 6. The number of nitrogens with zero attached hydrogens (tertiary/aromatic N) is 3. The van der Waals surface area contributed by atoms with Crippen LogP contribution in [0.3, 0.4) is 0 Å². The molecule has 0 aliphatic rings. The number of rotatable bonds is 8. The average molecular weight is 319 g/mol. The number of para-hydroxylation sites is 1. The van der Waals surface area contributed by atoms with Gasteiger partial charge in [-0.15, -0.1) is 0 Å². The molecule has 0 fully saturated rings. The molecule has 124 valence electrons. The molecule has 1 aromatic carbocycles. The van der Waals surface area contributed by atoms with E-state index in [1.54, 1.807) is 0 Å². The summed E-state index contributed by atoms with van der Waals surface area (Å²) in [4.78, 5) is 12.8. The number of aliphatic hydroxyl groups excluding tert-OH is 2. The molecule has 7 nitrogen and oxygen atoms in total. The van der Waals surface area contributed by atoms with Gasteiger partial charge in [0.05, 0.1) is 11.9 Å².